The quantitative estimate of drug-likeness (QED) is 0.269. The number of nitrogens with zero attached hydrogens (tertiary/aromatic N) is 1. The molecule has 0 unspecified atom stereocenters. The number of ether oxygens (including phenoxy) is 2. The minimum atomic E-state index is 0.527. The summed E-state index contributed by atoms with van der Waals surface area (Å²) in [6.45, 7) is 1.13. The normalized spacial score (nSPS) is 11.2. The van der Waals surface area contributed by atoms with Crippen molar-refractivity contribution in [3.05, 3.63) is 66.2 Å². The van der Waals surface area contributed by atoms with Gasteiger partial charge in [-0.3, -0.25) is 0 Å². The van der Waals surface area contributed by atoms with Crippen LogP contribution in [0.25, 0.3) is 11.1 Å². The maximum Gasteiger partial charge on any atom is 0.230 e. The summed E-state index contributed by atoms with van der Waals surface area (Å²) in [4.78, 5) is 0. The number of oxime groups is 1. The second-order valence-electron chi connectivity index (χ2n) is 4.65. The topological polar surface area (TPSA) is 40.0 Å². The molecule has 120 valence electrons. The number of rotatable bonds is 8. The standard InChI is InChI=1S/C18H18INO3/c1-21-12-4-5-13-22-17-10-8-15(9-11-17)18-7-3-2-6-16(18)14-20-23-19/h2-11,14H,12-13H2,1H3/b5-4+,20-14-. The molecule has 2 aromatic carbocycles. The van der Waals surface area contributed by atoms with Gasteiger partial charge in [-0.15, -0.1) is 0 Å². The van der Waals surface area contributed by atoms with Gasteiger partial charge in [-0.25, -0.2) is 0 Å². The Labute approximate surface area is 150 Å². The highest BCUT2D eigenvalue weighted by Gasteiger charge is 2.03. The minimum Gasteiger partial charge on any atom is -0.490 e. The molecule has 4 nitrogen and oxygen atoms in total. The van der Waals surface area contributed by atoms with E-state index in [1.54, 1.807) is 36.3 Å². The Morgan fingerprint density at radius 2 is 1.74 bits per heavy atom. The highest BCUT2D eigenvalue weighted by Crippen LogP contribution is 2.25. The van der Waals surface area contributed by atoms with Crippen molar-refractivity contribution in [2.24, 2.45) is 5.16 Å². The van der Waals surface area contributed by atoms with Crippen molar-refractivity contribution < 1.29 is 12.6 Å². The van der Waals surface area contributed by atoms with Crippen LogP contribution in [0, 0.1) is 0 Å². The highest BCUT2D eigenvalue weighted by atomic mass is 127. The first kappa shape index (κ1) is 17.5. The first-order valence-corrected chi connectivity index (χ1v) is 8.00. The summed E-state index contributed by atoms with van der Waals surface area (Å²) in [6, 6.07) is 16.0. The van der Waals surface area contributed by atoms with Crippen LogP contribution in [0.15, 0.2) is 65.8 Å². The summed E-state index contributed by atoms with van der Waals surface area (Å²) in [5.74, 6) is 0.831. The van der Waals surface area contributed by atoms with Gasteiger partial charge in [0.1, 0.15) is 12.4 Å². The Morgan fingerprint density at radius 1 is 1.00 bits per heavy atom. The van der Waals surface area contributed by atoms with E-state index in [9.17, 15) is 0 Å². The third kappa shape index (κ3) is 5.69. The molecule has 0 radical (unpaired) electrons. The van der Waals surface area contributed by atoms with Crippen LogP contribution in [0.4, 0.5) is 0 Å². The molecular weight excluding hydrogens is 405 g/mol. The predicted octanol–water partition coefficient (Wildman–Crippen LogP) is 4.64. The lowest BCUT2D eigenvalue weighted by molar-refractivity contribution is 0.233. The summed E-state index contributed by atoms with van der Waals surface area (Å²) >= 11 is 1.74. The molecule has 0 aliphatic rings. The minimum absolute atomic E-state index is 0.527. The van der Waals surface area contributed by atoms with Crippen molar-refractivity contribution in [2.75, 3.05) is 20.3 Å². The molecule has 5 heteroatoms. The number of hydrogen-bond donors (Lipinski definition) is 0. The van der Waals surface area contributed by atoms with Gasteiger partial charge in [0.2, 0.25) is 23.0 Å². The Morgan fingerprint density at radius 3 is 2.48 bits per heavy atom. The Hall–Kier alpha value is -1.86. The van der Waals surface area contributed by atoms with Crippen LogP contribution in [0.3, 0.4) is 0 Å². The number of halogens is 1. The molecular formula is C18H18INO3. The lowest BCUT2D eigenvalue weighted by Gasteiger charge is -2.08. The molecule has 23 heavy (non-hydrogen) atoms. The van der Waals surface area contributed by atoms with Gasteiger partial charge in [0, 0.05) is 12.7 Å². The van der Waals surface area contributed by atoms with Gasteiger partial charge in [0.25, 0.3) is 0 Å². The van der Waals surface area contributed by atoms with Crippen LogP contribution >= 0.6 is 23.0 Å². The first-order valence-electron chi connectivity index (χ1n) is 7.12. The van der Waals surface area contributed by atoms with Gasteiger partial charge in [-0.1, -0.05) is 47.6 Å². The molecule has 0 aliphatic heterocycles. The van der Waals surface area contributed by atoms with E-state index in [0.29, 0.717) is 13.2 Å². The van der Waals surface area contributed by atoms with E-state index >= 15 is 0 Å². The molecule has 0 spiro atoms. The van der Waals surface area contributed by atoms with Crippen LogP contribution in [0.1, 0.15) is 5.56 Å². The summed E-state index contributed by atoms with van der Waals surface area (Å²) in [5.41, 5.74) is 3.19. The fraction of sp³-hybridized carbons (Fsp3) is 0.167. The average Bonchev–Trinajstić information content (AvgIpc) is 2.61. The summed E-state index contributed by atoms with van der Waals surface area (Å²) in [5, 5.41) is 3.83. The van der Waals surface area contributed by atoms with Gasteiger partial charge in [-0.2, -0.15) is 0 Å². The Balaban J connectivity index is 2.06. The number of benzene rings is 2. The molecule has 0 aromatic heterocycles. The van der Waals surface area contributed by atoms with Crippen molar-refractivity contribution in [3.63, 3.8) is 0 Å². The lowest BCUT2D eigenvalue weighted by Crippen LogP contribution is -1.94. The third-order valence-corrected chi connectivity index (χ3v) is 3.36. The van der Waals surface area contributed by atoms with E-state index in [4.69, 9.17) is 12.6 Å². The zero-order valence-electron chi connectivity index (χ0n) is 12.8. The van der Waals surface area contributed by atoms with Gasteiger partial charge in [-0.05, 0) is 29.3 Å². The summed E-state index contributed by atoms with van der Waals surface area (Å²) < 4.78 is 15.3. The van der Waals surface area contributed by atoms with E-state index in [0.717, 1.165) is 22.4 Å². The fourth-order valence-corrected chi connectivity index (χ4v) is 2.17. The second-order valence-corrected chi connectivity index (χ2v) is 5.05. The third-order valence-electron chi connectivity index (χ3n) is 3.13. The molecule has 0 fully saturated rings. The van der Waals surface area contributed by atoms with Gasteiger partial charge in [0.15, 0.2) is 0 Å². The van der Waals surface area contributed by atoms with E-state index in [1.807, 2.05) is 54.6 Å². The van der Waals surface area contributed by atoms with Crippen LogP contribution in [0.5, 0.6) is 5.75 Å². The molecule has 0 N–H and O–H groups in total. The summed E-state index contributed by atoms with van der Waals surface area (Å²) in [7, 11) is 1.67. The molecule has 2 aromatic rings. The molecule has 0 aliphatic carbocycles. The van der Waals surface area contributed by atoms with E-state index in [1.165, 1.54) is 0 Å². The van der Waals surface area contributed by atoms with E-state index < -0.39 is 0 Å². The van der Waals surface area contributed by atoms with Crippen molar-refractivity contribution >= 4 is 29.2 Å². The zero-order chi connectivity index (χ0) is 16.3. The van der Waals surface area contributed by atoms with Crippen molar-refractivity contribution in [1.29, 1.82) is 0 Å². The van der Waals surface area contributed by atoms with Crippen molar-refractivity contribution in [3.8, 4) is 16.9 Å². The van der Waals surface area contributed by atoms with Crippen LogP contribution in [0.2, 0.25) is 0 Å². The molecule has 0 saturated carbocycles. The molecule has 0 bridgehead atoms. The smallest absolute Gasteiger partial charge is 0.230 e. The second kappa shape index (κ2) is 10.0. The van der Waals surface area contributed by atoms with E-state index in [-0.39, 0.29) is 0 Å². The maximum atomic E-state index is 5.65. The predicted molar refractivity (Wildman–Crippen MR) is 101 cm³/mol. The molecule has 0 saturated heterocycles. The van der Waals surface area contributed by atoms with E-state index in [2.05, 4.69) is 11.2 Å². The molecule has 2 rings (SSSR count). The summed E-state index contributed by atoms with van der Waals surface area (Å²) in [6.07, 6.45) is 5.57. The monoisotopic (exact) mass is 423 g/mol. The molecule has 0 atom stereocenters. The zero-order valence-corrected chi connectivity index (χ0v) is 15.0. The molecule has 0 amide bonds. The van der Waals surface area contributed by atoms with Crippen molar-refractivity contribution in [2.45, 2.75) is 0 Å². The SMILES string of the molecule is COC/C=C/COc1ccc(-c2ccccc2/C=N\OI)cc1. The van der Waals surface area contributed by atoms with Gasteiger partial charge in [0.05, 0.1) is 12.8 Å². The van der Waals surface area contributed by atoms with Gasteiger partial charge < -0.3 is 12.6 Å². The highest BCUT2D eigenvalue weighted by molar-refractivity contribution is 14.1. The Bertz CT molecular complexity index is 654. The van der Waals surface area contributed by atoms with Crippen LogP contribution in [-0.4, -0.2) is 26.5 Å². The number of methoxy groups -OCH3 is 1. The maximum absolute atomic E-state index is 5.65. The van der Waals surface area contributed by atoms with Gasteiger partial charge >= 0.3 is 0 Å². The van der Waals surface area contributed by atoms with Crippen LogP contribution < -0.4 is 4.74 Å². The Kier molecular flexibility index (Phi) is 7.62. The average molecular weight is 423 g/mol. The largest absolute Gasteiger partial charge is 0.490 e. The lowest BCUT2D eigenvalue weighted by atomic mass is 10.0. The first-order chi connectivity index (χ1) is 11.3. The van der Waals surface area contributed by atoms with Crippen molar-refractivity contribution in [1.82, 2.24) is 0 Å². The van der Waals surface area contributed by atoms with Crippen LogP contribution in [-0.2, 0) is 7.90 Å². The fourth-order valence-electron chi connectivity index (χ4n) is 2.06. The number of hydrogen-bond acceptors (Lipinski definition) is 4. The molecule has 0 heterocycles.